The molecule has 31 heavy (non-hydrogen) atoms. The van der Waals surface area contributed by atoms with Gasteiger partial charge >= 0.3 is 17.9 Å². The second-order valence-corrected chi connectivity index (χ2v) is 11.7. The largest absolute Gasteiger partial charge is 0.445 e. The first-order valence-electron chi connectivity index (χ1n) is 11.0. The van der Waals surface area contributed by atoms with E-state index in [9.17, 15) is 14.4 Å². The van der Waals surface area contributed by atoms with E-state index >= 15 is 0 Å². The summed E-state index contributed by atoms with van der Waals surface area (Å²) in [5.41, 5.74) is 3.76. The van der Waals surface area contributed by atoms with Crippen molar-refractivity contribution in [3.8, 4) is 0 Å². The van der Waals surface area contributed by atoms with Gasteiger partial charge in [-0.1, -0.05) is 0 Å². The van der Waals surface area contributed by atoms with Crippen LogP contribution in [0.4, 0.5) is 4.79 Å². The normalized spacial score (nSPS) is 25.3. The van der Waals surface area contributed by atoms with Gasteiger partial charge in [0, 0.05) is 41.0 Å². The van der Waals surface area contributed by atoms with Crippen molar-refractivity contribution in [3.05, 3.63) is 0 Å². The highest BCUT2D eigenvalue weighted by Gasteiger charge is 2.44. The number of piperidine rings is 2. The number of hydrazine groups is 1. The van der Waals surface area contributed by atoms with Gasteiger partial charge in [0.25, 0.3) is 0 Å². The Bertz CT molecular complexity index is 683. The Morgan fingerprint density at radius 2 is 1.29 bits per heavy atom. The van der Waals surface area contributed by atoms with E-state index in [1.807, 2.05) is 0 Å². The van der Waals surface area contributed by atoms with Crippen molar-refractivity contribution in [2.45, 2.75) is 115 Å². The molecule has 0 aromatic heterocycles. The fourth-order valence-corrected chi connectivity index (χ4v) is 5.38. The number of hydrogen-bond donors (Lipinski definition) is 4. The van der Waals surface area contributed by atoms with Gasteiger partial charge in [0.2, 0.25) is 0 Å². The molecule has 178 valence electrons. The Labute approximate surface area is 186 Å². The molecule has 0 aromatic carbocycles. The van der Waals surface area contributed by atoms with E-state index in [2.05, 4.69) is 88.8 Å². The monoisotopic (exact) mass is 439 g/mol. The molecule has 0 aromatic rings. The van der Waals surface area contributed by atoms with Gasteiger partial charge in [-0.3, -0.25) is 19.9 Å². The third kappa shape index (κ3) is 6.80. The molecule has 0 spiro atoms. The summed E-state index contributed by atoms with van der Waals surface area (Å²) in [6, 6.07) is -0.134. The molecule has 2 aliphatic heterocycles. The Balaban J connectivity index is 1.83. The van der Waals surface area contributed by atoms with Crippen LogP contribution in [0, 0.1) is 0 Å². The summed E-state index contributed by atoms with van der Waals surface area (Å²) in [6.45, 7) is 16.7. The molecule has 2 aliphatic rings. The Hall–Kier alpha value is -1.87. The first kappa shape index (κ1) is 25.4. The maximum Gasteiger partial charge on any atom is 0.426 e. The molecule has 9 heteroatoms. The smallest absolute Gasteiger partial charge is 0.426 e. The van der Waals surface area contributed by atoms with Crippen LogP contribution < -0.4 is 21.5 Å². The number of amides is 3. The van der Waals surface area contributed by atoms with Gasteiger partial charge in [-0.25, -0.2) is 10.2 Å². The molecule has 2 saturated heterocycles. The summed E-state index contributed by atoms with van der Waals surface area (Å²) in [7, 11) is 2.07. The first-order valence-corrected chi connectivity index (χ1v) is 11.0. The lowest BCUT2D eigenvalue weighted by Crippen LogP contribution is -2.63. The highest BCUT2D eigenvalue weighted by molar-refractivity contribution is 6.35. The van der Waals surface area contributed by atoms with Crippen LogP contribution in [0.15, 0.2) is 0 Å². The second-order valence-electron chi connectivity index (χ2n) is 11.7. The first-order chi connectivity index (χ1) is 13.9. The summed E-state index contributed by atoms with van der Waals surface area (Å²) < 4.78 is 5.47. The van der Waals surface area contributed by atoms with Crippen molar-refractivity contribution >= 4 is 17.9 Å². The maximum atomic E-state index is 12.4. The van der Waals surface area contributed by atoms with Crippen LogP contribution >= 0.6 is 0 Å². The quantitative estimate of drug-likeness (QED) is 0.386. The SMILES string of the molecule is CN1C(C)(C)CC(NC(=O)C(=O)NNC(=O)OC2CC(C)(C)NC(C)(C)C2)CC1(C)C. The lowest BCUT2D eigenvalue weighted by Gasteiger charge is -2.53. The van der Waals surface area contributed by atoms with E-state index in [1.54, 1.807) is 0 Å². The van der Waals surface area contributed by atoms with Gasteiger partial charge in [0.1, 0.15) is 6.10 Å². The molecular formula is C22H41N5O4. The molecule has 2 rings (SSSR count). The van der Waals surface area contributed by atoms with Crippen molar-refractivity contribution in [3.63, 3.8) is 0 Å². The third-order valence-electron chi connectivity index (χ3n) is 6.55. The van der Waals surface area contributed by atoms with Crippen molar-refractivity contribution in [1.29, 1.82) is 0 Å². The molecule has 0 aliphatic carbocycles. The molecule has 9 nitrogen and oxygen atoms in total. The van der Waals surface area contributed by atoms with E-state index in [4.69, 9.17) is 4.74 Å². The van der Waals surface area contributed by atoms with E-state index < -0.39 is 17.9 Å². The van der Waals surface area contributed by atoms with Gasteiger partial charge in [-0.15, -0.1) is 0 Å². The molecule has 0 bridgehead atoms. The van der Waals surface area contributed by atoms with Crippen LogP contribution in [0.5, 0.6) is 0 Å². The van der Waals surface area contributed by atoms with Crippen LogP contribution in [-0.4, -0.2) is 64.2 Å². The zero-order chi connectivity index (χ0) is 23.8. The fourth-order valence-electron chi connectivity index (χ4n) is 5.38. The van der Waals surface area contributed by atoms with Crippen molar-refractivity contribution in [1.82, 2.24) is 26.4 Å². The van der Waals surface area contributed by atoms with Gasteiger partial charge in [0.05, 0.1) is 0 Å². The minimum atomic E-state index is -0.919. The summed E-state index contributed by atoms with van der Waals surface area (Å²) >= 11 is 0. The summed E-state index contributed by atoms with van der Waals surface area (Å²) in [5, 5.41) is 6.31. The van der Waals surface area contributed by atoms with Crippen LogP contribution in [0.25, 0.3) is 0 Å². The minimum Gasteiger partial charge on any atom is -0.445 e. The number of carbonyl (C=O) groups is 3. The lowest BCUT2D eigenvalue weighted by atomic mass is 9.77. The van der Waals surface area contributed by atoms with Crippen molar-refractivity contribution < 1.29 is 19.1 Å². The summed E-state index contributed by atoms with van der Waals surface area (Å²) in [6.07, 6.45) is 1.69. The molecular weight excluding hydrogens is 398 g/mol. The predicted molar refractivity (Wildman–Crippen MR) is 119 cm³/mol. The molecule has 0 radical (unpaired) electrons. The highest BCUT2D eigenvalue weighted by atomic mass is 16.6. The molecule has 3 amide bonds. The molecule has 2 fully saturated rings. The zero-order valence-corrected chi connectivity index (χ0v) is 20.6. The molecule has 0 saturated carbocycles. The van der Waals surface area contributed by atoms with Crippen LogP contribution in [0.3, 0.4) is 0 Å². The standard InChI is InChI=1S/C22H41N5O4/c1-19(2)12-15(13-20(3,4)26-19)31-18(30)25-24-17(29)16(28)23-14-10-21(5,6)27(9)22(7,8)11-14/h14-15,26H,10-13H2,1-9H3,(H,23,28)(H,24,29)(H,25,30). The van der Waals surface area contributed by atoms with Crippen LogP contribution in [0.1, 0.15) is 81.1 Å². The highest BCUT2D eigenvalue weighted by Crippen LogP contribution is 2.36. The van der Waals surface area contributed by atoms with Gasteiger partial charge in [-0.2, -0.15) is 0 Å². The van der Waals surface area contributed by atoms with Gasteiger partial charge in [0.15, 0.2) is 0 Å². The Morgan fingerprint density at radius 3 is 1.77 bits per heavy atom. The zero-order valence-electron chi connectivity index (χ0n) is 20.6. The molecule has 2 heterocycles. The van der Waals surface area contributed by atoms with E-state index in [1.165, 1.54) is 0 Å². The van der Waals surface area contributed by atoms with Gasteiger partial charge < -0.3 is 15.4 Å². The maximum absolute atomic E-state index is 12.4. The third-order valence-corrected chi connectivity index (χ3v) is 6.55. The molecule has 0 atom stereocenters. The Kier molecular flexibility index (Phi) is 7.03. The minimum absolute atomic E-state index is 0.116. The Morgan fingerprint density at radius 1 is 0.806 bits per heavy atom. The predicted octanol–water partition coefficient (Wildman–Crippen LogP) is 1.82. The number of hydrogen-bond acceptors (Lipinski definition) is 6. The number of nitrogens with zero attached hydrogens (tertiary/aromatic N) is 1. The van der Waals surface area contributed by atoms with Gasteiger partial charge in [-0.05, 0) is 75.3 Å². The van der Waals surface area contributed by atoms with Crippen LogP contribution in [-0.2, 0) is 14.3 Å². The number of ether oxygens (including phenoxy) is 1. The number of carbonyl (C=O) groups excluding carboxylic acids is 3. The average Bonchev–Trinajstić information content (AvgIpc) is 2.53. The topological polar surface area (TPSA) is 112 Å². The average molecular weight is 440 g/mol. The van der Waals surface area contributed by atoms with Crippen molar-refractivity contribution in [2.24, 2.45) is 0 Å². The van der Waals surface area contributed by atoms with Crippen LogP contribution in [0.2, 0.25) is 0 Å². The number of nitrogens with one attached hydrogen (secondary N) is 4. The number of rotatable bonds is 2. The molecule has 4 N–H and O–H groups in total. The lowest BCUT2D eigenvalue weighted by molar-refractivity contribution is -0.141. The molecule has 0 unspecified atom stereocenters. The fraction of sp³-hybridized carbons (Fsp3) is 0.864. The number of likely N-dealkylation sites (tertiary alicyclic amines) is 1. The summed E-state index contributed by atoms with van der Waals surface area (Å²) in [4.78, 5) is 39.0. The summed E-state index contributed by atoms with van der Waals surface area (Å²) in [5.74, 6) is -1.69. The second kappa shape index (κ2) is 8.58. The van der Waals surface area contributed by atoms with Crippen molar-refractivity contribution in [2.75, 3.05) is 7.05 Å². The van der Waals surface area contributed by atoms with E-state index in [0.717, 1.165) is 12.8 Å². The van der Waals surface area contributed by atoms with E-state index in [-0.39, 0.29) is 34.3 Å². The van der Waals surface area contributed by atoms with E-state index in [0.29, 0.717) is 12.8 Å².